The molecule has 6 heteroatoms. The fraction of sp³-hybridized carbons (Fsp3) is 0.462. The van der Waals surface area contributed by atoms with E-state index in [-0.39, 0.29) is 23.8 Å². The summed E-state index contributed by atoms with van der Waals surface area (Å²) in [6, 6.07) is 17.7. The number of halogens is 1. The lowest BCUT2D eigenvalue weighted by Crippen LogP contribution is -2.46. The molecule has 0 spiro atoms. The number of likely N-dealkylation sites (tertiary alicyclic amines) is 2. The average Bonchev–Trinajstić information content (AvgIpc) is 3.29. The number of amides is 2. The van der Waals surface area contributed by atoms with Gasteiger partial charge in [-0.2, -0.15) is 0 Å². The van der Waals surface area contributed by atoms with Gasteiger partial charge in [-0.05, 0) is 55.9 Å². The van der Waals surface area contributed by atoms with Gasteiger partial charge in [0.1, 0.15) is 5.75 Å². The van der Waals surface area contributed by atoms with E-state index in [1.54, 1.807) is 0 Å². The zero-order chi connectivity index (χ0) is 22.3. The lowest BCUT2D eigenvalue weighted by molar-refractivity contribution is -0.141. The molecule has 0 bridgehead atoms. The standard InChI is InChI=1S/C26H31ClN2O3/c27-24-11-5-4-7-21(24)19-22-8-6-15-29(22)26(31)20-12-16-28(17-13-20)25(30)14-18-32-23-9-2-1-3-10-23/h1-5,7,9-11,20,22H,6,8,12-19H2. The van der Waals surface area contributed by atoms with Crippen molar-refractivity contribution in [2.24, 2.45) is 5.92 Å². The molecule has 1 unspecified atom stereocenters. The van der Waals surface area contributed by atoms with Crippen LogP contribution in [0, 0.1) is 5.92 Å². The Morgan fingerprint density at radius 3 is 2.41 bits per heavy atom. The van der Waals surface area contributed by atoms with E-state index in [0.717, 1.165) is 55.0 Å². The summed E-state index contributed by atoms with van der Waals surface area (Å²) in [6.45, 7) is 2.48. The van der Waals surface area contributed by atoms with Crippen LogP contribution < -0.4 is 4.74 Å². The normalized spacial score (nSPS) is 19.2. The molecule has 0 saturated carbocycles. The van der Waals surface area contributed by atoms with Crippen LogP contribution in [0.3, 0.4) is 0 Å². The van der Waals surface area contributed by atoms with Gasteiger partial charge in [-0.1, -0.05) is 48.0 Å². The Bertz CT molecular complexity index is 912. The van der Waals surface area contributed by atoms with Crippen LogP contribution in [0.1, 0.15) is 37.7 Å². The van der Waals surface area contributed by atoms with Gasteiger partial charge in [0, 0.05) is 36.6 Å². The summed E-state index contributed by atoms with van der Waals surface area (Å²) in [7, 11) is 0. The predicted molar refractivity (Wildman–Crippen MR) is 126 cm³/mol. The second-order valence-corrected chi connectivity index (χ2v) is 9.10. The maximum atomic E-state index is 13.3. The Hall–Kier alpha value is -2.53. The van der Waals surface area contributed by atoms with E-state index in [1.807, 2.05) is 53.4 Å². The minimum absolute atomic E-state index is 0.00599. The van der Waals surface area contributed by atoms with E-state index in [9.17, 15) is 9.59 Å². The van der Waals surface area contributed by atoms with E-state index >= 15 is 0 Å². The van der Waals surface area contributed by atoms with Crippen LogP contribution in [-0.4, -0.2) is 53.9 Å². The van der Waals surface area contributed by atoms with Crippen LogP contribution in [0.25, 0.3) is 0 Å². The summed E-state index contributed by atoms with van der Waals surface area (Å²) in [5.41, 5.74) is 1.11. The topological polar surface area (TPSA) is 49.9 Å². The van der Waals surface area contributed by atoms with Crippen molar-refractivity contribution in [1.29, 1.82) is 0 Å². The van der Waals surface area contributed by atoms with Crippen molar-refractivity contribution in [2.75, 3.05) is 26.2 Å². The van der Waals surface area contributed by atoms with Crippen LogP contribution in [0.4, 0.5) is 0 Å². The Labute approximate surface area is 195 Å². The van der Waals surface area contributed by atoms with Crippen molar-refractivity contribution in [3.8, 4) is 5.75 Å². The van der Waals surface area contributed by atoms with Crippen LogP contribution in [-0.2, 0) is 16.0 Å². The highest BCUT2D eigenvalue weighted by atomic mass is 35.5. The highest BCUT2D eigenvalue weighted by molar-refractivity contribution is 6.31. The highest BCUT2D eigenvalue weighted by Gasteiger charge is 2.35. The van der Waals surface area contributed by atoms with Crippen molar-refractivity contribution < 1.29 is 14.3 Å². The smallest absolute Gasteiger partial charge is 0.226 e. The molecule has 2 aliphatic heterocycles. The maximum Gasteiger partial charge on any atom is 0.226 e. The molecular formula is C26H31ClN2O3. The minimum atomic E-state index is 0.00599. The van der Waals surface area contributed by atoms with Crippen LogP contribution in [0.15, 0.2) is 54.6 Å². The number of piperidine rings is 1. The van der Waals surface area contributed by atoms with Gasteiger partial charge in [0.15, 0.2) is 0 Å². The molecule has 0 aliphatic carbocycles. The van der Waals surface area contributed by atoms with E-state index in [2.05, 4.69) is 11.0 Å². The van der Waals surface area contributed by atoms with Crippen molar-refractivity contribution >= 4 is 23.4 Å². The SMILES string of the molecule is O=C(CCOc1ccccc1)N1CCC(C(=O)N2CCCC2Cc2ccccc2Cl)CC1. The van der Waals surface area contributed by atoms with Gasteiger partial charge < -0.3 is 14.5 Å². The van der Waals surface area contributed by atoms with Crippen molar-refractivity contribution in [3.05, 3.63) is 65.2 Å². The molecule has 0 aromatic heterocycles. The third-order valence-electron chi connectivity index (χ3n) is 6.60. The van der Waals surface area contributed by atoms with Crippen LogP contribution in [0.5, 0.6) is 5.75 Å². The minimum Gasteiger partial charge on any atom is -0.493 e. The molecule has 2 aromatic rings. The average molecular weight is 455 g/mol. The van der Waals surface area contributed by atoms with Gasteiger partial charge in [0.05, 0.1) is 13.0 Å². The molecule has 2 aromatic carbocycles. The third-order valence-corrected chi connectivity index (χ3v) is 6.97. The second-order valence-electron chi connectivity index (χ2n) is 8.69. The first kappa shape index (κ1) is 22.7. The molecule has 170 valence electrons. The number of carbonyl (C=O) groups is 2. The molecular weight excluding hydrogens is 424 g/mol. The van der Waals surface area contributed by atoms with Crippen LogP contribution in [0.2, 0.25) is 5.02 Å². The Morgan fingerprint density at radius 1 is 0.938 bits per heavy atom. The summed E-state index contributed by atoms with van der Waals surface area (Å²) < 4.78 is 5.65. The number of benzene rings is 2. The van der Waals surface area contributed by atoms with E-state index < -0.39 is 0 Å². The molecule has 2 fully saturated rings. The summed E-state index contributed by atoms with van der Waals surface area (Å²) in [6.07, 6.45) is 4.71. The van der Waals surface area contributed by atoms with Gasteiger partial charge in [0.2, 0.25) is 11.8 Å². The molecule has 5 nitrogen and oxygen atoms in total. The van der Waals surface area contributed by atoms with Gasteiger partial charge in [0.25, 0.3) is 0 Å². The fourth-order valence-corrected chi connectivity index (χ4v) is 5.01. The molecule has 1 atom stereocenters. The number of carbonyl (C=O) groups excluding carboxylic acids is 2. The van der Waals surface area contributed by atoms with Gasteiger partial charge >= 0.3 is 0 Å². The second kappa shape index (κ2) is 10.9. The third kappa shape index (κ3) is 5.63. The Morgan fingerprint density at radius 2 is 1.66 bits per heavy atom. The van der Waals surface area contributed by atoms with E-state index in [0.29, 0.717) is 26.1 Å². The lowest BCUT2D eigenvalue weighted by Gasteiger charge is -2.35. The van der Waals surface area contributed by atoms with Gasteiger partial charge in [-0.3, -0.25) is 9.59 Å². The summed E-state index contributed by atoms with van der Waals surface area (Å²) in [5, 5.41) is 0.773. The molecule has 32 heavy (non-hydrogen) atoms. The monoisotopic (exact) mass is 454 g/mol. The fourth-order valence-electron chi connectivity index (χ4n) is 4.80. The number of para-hydroxylation sites is 1. The predicted octanol–water partition coefficient (Wildman–Crippen LogP) is 4.58. The number of rotatable bonds is 7. The zero-order valence-electron chi connectivity index (χ0n) is 18.4. The first-order chi connectivity index (χ1) is 15.6. The summed E-state index contributed by atoms with van der Waals surface area (Å²) in [5.74, 6) is 1.14. The number of ether oxygens (including phenoxy) is 1. The largest absolute Gasteiger partial charge is 0.493 e. The van der Waals surface area contributed by atoms with Gasteiger partial charge in [-0.15, -0.1) is 0 Å². The van der Waals surface area contributed by atoms with Crippen molar-refractivity contribution in [3.63, 3.8) is 0 Å². The Balaban J connectivity index is 1.24. The first-order valence-electron chi connectivity index (χ1n) is 11.6. The molecule has 2 saturated heterocycles. The number of hydrogen-bond donors (Lipinski definition) is 0. The Kier molecular flexibility index (Phi) is 7.69. The molecule has 4 rings (SSSR count). The van der Waals surface area contributed by atoms with Crippen LogP contribution >= 0.6 is 11.6 Å². The molecule has 2 amide bonds. The van der Waals surface area contributed by atoms with Crippen molar-refractivity contribution in [2.45, 2.75) is 44.6 Å². The van der Waals surface area contributed by atoms with E-state index in [4.69, 9.17) is 16.3 Å². The lowest BCUT2D eigenvalue weighted by atomic mass is 9.94. The summed E-state index contributed by atoms with van der Waals surface area (Å²) in [4.78, 5) is 29.8. The zero-order valence-corrected chi connectivity index (χ0v) is 19.2. The molecule has 0 N–H and O–H groups in total. The molecule has 2 aliphatic rings. The van der Waals surface area contributed by atoms with E-state index in [1.165, 1.54) is 0 Å². The highest BCUT2D eigenvalue weighted by Crippen LogP contribution is 2.29. The quantitative estimate of drug-likeness (QED) is 0.615. The number of nitrogens with zero attached hydrogens (tertiary/aromatic N) is 2. The summed E-state index contributed by atoms with van der Waals surface area (Å²) >= 11 is 6.35. The van der Waals surface area contributed by atoms with Gasteiger partial charge in [-0.25, -0.2) is 0 Å². The molecule has 2 heterocycles. The van der Waals surface area contributed by atoms with Crippen molar-refractivity contribution in [1.82, 2.24) is 9.80 Å². The number of hydrogen-bond acceptors (Lipinski definition) is 3. The first-order valence-corrected chi connectivity index (χ1v) is 12.0. The molecule has 0 radical (unpaired) electrons. The maximum absolute atomic E-state index is 13.3.